The van der Waals surface area contributed by atoms with Gasteiger partial charge in [0.25, 0.3) is 0 Å². The van der Waals surface area contributed by atoms with Gasteiger partial charge in [-0.1, -0.05) is 204 Å². The van der Waals surface area contributed by atoms with Crippen LogP contribution in [-0.2, 0) is 23.9 Å². The number of carbonyl (C=O) groups excluding carboxylic acids is 3. The molecule has 0 aromatic heterocycles. The Labute approximate surface area is 659 Å². The fraction of sp³-hybridized carbons (Fsp3) is 0.785. The number of nitrogens with one attached hydrogen (secondary N) is 2. The molecular formula is C93H147B2I2N2O6-. The van der Waals surface area contributed by atoms with Crippen LogP contribution in [0.25, 0.3) is 0 Å². The van der Waals surface area contributed by atoms with Gasteiger partial charge in [0.2, 0.25) is 11.8 Å². The molecule has 20 atom stereocenters. The Morgan fingerprint density at radius 3 is 0.924 bits per heavy atom. The second-order valence-electron chi connectivity index (χ2n) is 39.6. The van der Waals surface area contributed by atoms with Crippen molar-refractivity contribution in [1.29, 1.82) is 0 Å². The number of fused-ring (bicyclic) bond motifs is 12. The van der Waals surface area contributed by atoms with Crippen LogP contribution in [0.4, 0.5) is 0 Å². The van der Waals surface area contributed by atoms with Gasteiger partial charge < -0.3 is 20.5 Å². The predicted octanol–water partition coefficient (Wildman–Crippen LogP) is 23.8. The molecule has 14 aliphatic carbocycles. The van der Waals surface area contributed by atoms with Crippen LogP contribution in [0.2, 0.25) is 0 Å². The Hall–Kier alpha value is -2.61. The van der Waals surface area contributed by atoms with Crippen molar-refractivity contribution in [3.05, 3.63) is 97.2 Å². The number of carboxylic acids is 1. The normalized spacial score (nSPS) is 44.0. The summed E-state index contributed by atoms with van der Waals surface area (Å²) >= 11 is 1.85. The van der Waals surface area contributed by atoms with Crippen LogP contribution in [-0.4, -0.2) is 59.5 Å². The number of aliphatic carboxylic acids is 1. The molecule has 0 aromatic rings. The molecule has 2 amide bonds. The topological polar surface area (TPSA) is 122 Å². The molecule has 0 spiro atoms. The Morgan fingerprint density at radius 2 is 0.667 bits per heavy atom. The van der Waals surface area contributed by atoms with Crippen LogP contribution in [0.15, 0.2) is 97.2 Å². The summed E-state index contributed by atoms with van der Waals surface area (Å²) in [4.78, 5) is 51.7. The van der Waals surface area contributed by atoms with E-state index in [1.807, 2.05) is 6.92 Å². The molecule has 2 radical (unpaired) electrons. The SMILES string of the molecule is C=C[C@@]1(C)CCC=C2C1CCC1C(C)(C(=O)NC3CCCCC3)CCCC21C.C=C[C@@]1(C)CCC=C2C1CCC1C(C)(C(=O)NC3CCCCC3)CCCC21C.C=C[C@@]1(C)CCC=C2C1CCC1C(C)(C(=O)O)CCCC21C.C=C[C@@]1(C)CCC=C2C1CCC1C(C)(C(=O)OC)CCCC21C.[B]I([BH3-])I. The number of esters is 1. The van der Waals surface area contributed by atoms with E-state index in [2.05, 4.69) is 180 Å². The van der Waals surface area contributed by atoms with E-state index in [4.69, 9.17) is 10.4 Å². The van der Waals surface area contributed by atoms with Gasteiger partial charge in [-0.2, -0.15) is 0 Å². The van der Waals surface area contributed by atoms with Gasteiger partial charge in [-0.05, 0) is 284 Å². The predicted molar refractivity (Wildman–Crippen MR) is 461 cm³/mol. The third-order valence-electron chi connectivity index (χ3n) is 34.1. The Bertz CT molecular complexity index is 3210. The number of ether oxygens (including phenoxy) is 1. The minimum atomic E-state index is -0.593. The van der Waals surface area contributed by atoms with Crippen molar-refractivity contribution in [2.45, 2.75) is 339 Å². The fourth-order valence-electron chi connectivity index (χ4n) is 27.5. The number of hydrogen-bond donors (Lipinski definition) is 3. The third kappa shape index (κ3) is 15.8. The van der Waals surface area contributed by atoms with E-state index in [9.17, 15) is 24.3 Å². The van der Waals surface area contributed by atoms with Crippen LogP contribution in [0.3, 0.4) is 0 Å². The second kappa shape index (κ2) is 33.2. The minimum absolute atomic E-state index is 0.00485. The summed E-state index contributed by atoms with van der Waals surface area (Å²) in [6.45, 7) is 44.7. The van der Waals surface area contributed by atoms with E-state index < -0.39 is 26.8 Å². The van der Waals surface area contributed by atoms with E-state index in [1.54, 1.807) is 29.4 Å². The van der Waals surface area contributed by atoms with Crippen LogP contribution in [0, 0.1) is 112 Å². The molecule has 105 heavy (non-hydrogen) atoms. The molecule has 14 aliphatic rings. The molecule has 0 saturated heterocycles. The summed E-state index contributed by atoms with van der Waals surface area (Å²) in [5.41, 5.74) is 12.7. The van der Waals surface area contributed by atoms with Gasteiger partial charge in [0.1, 0.15) is 0 Å². The van der Waals surface area contributed by atoms with Gasteiger partial charge in [-0.15, -0.1) is 26.3 Å². The van der Waals surface area contributed by atoms with Crippen LogP contribution in [0.5, 0.6) is 0 Å². The van der Waals surface area contributed by atoms with E-state index in [-0.39, 0.29) is 71.5 Å². The number of halogens is 2. The maximum atomic E-state index is 13.6. The summed E-state index contributed by atoms with van der Waals surface area (Å²) in [7, 11) is 1.54. The van der Waals surface area contributed by atoms with Crippen molar-refractivity contribution in [3.63, 3.8) is 0 Å². The number of methoxy groups -OCH3 is 1. The van der Waals surface area contributed by atoms with Crippen molar-refractivity contribution in [2.24, 2.45) is 112 Å². The van der Waals surface area contributed by atoms with Crippen molar-refractivity contribution in [3.8, 4) is 0 Å². The number of allylic oxidation sites excluding steroid dienone is 12. The second-order valence-corrected chi connectivity index (χ2v) is 43.2. The molecule has 8 nitrogen and oxygen atoms in total. The van der Waals surface area contributed by atoms with Gasteiger partial charge >= 0.3 is 57.4 Å². The van der Waals surface area contributed by atoms with E-state index in [0.717, 1.165) is 77.0 Å². The summed E-state index contributed by atoms with van der Waals surface area (Å²) in [6.07, 6.45) is 63.4. The first kappa shape index (κ1) is 84.8. The van der Waals surface area contributed by atoms with Gasteiger partial charge in [0, 0.05) is 12.1 Å². The molecule has 0 heterocycles. The molecule has 10 saturated carbocycles. The molecule has 0 aromatic carbocycles. The molecule has 16 unspecified atom stereocenters. The van der Waals surface area contributed by atoms with Crippen LogP contribution < -0.4 is 10.6 Å². The number of carbonyl (C=O) groups is 4. The summed E-state index contributed by atoms with van der Waals surface area (Å²) in [5, 5.41) is 16.9. The summed E-state index contributed by atoms with van der Waals surface area (Å²) in [5.74, 6) is 4.19. The van der Waals surface area contributed by atoms with Gasteiger partial charge in [0.05, 0.1) is 28.8 Å². The standard InChI is InChI=1S/2C26H41NO.C21H32O2.C20H30O2.B2H3I2/c2*1-5-24(2)16-9-13-21-20(24)14-15-22-25(21,3)17-10-18-26(22,4)23(28)27-19-11-7-6-8-12-19;1-6-19(2)12-7-9-16-15(19)10-11-17-20(16,3)13-8-14-21(17,4)18(22)23-5;1-5-18(2)11-6-8-15-14(18)9-10-16-19(15,3)12-7-13-20(16,4)17(21)22;1-4(2)3/h2*5,13,19-20,22H,1,6-12,14-18H2,2-4H3,(H,27,28);6,9,15,17H,1,7-8,10-14H2,2-5H3;5,8,14,16H,1,6-7,9-13H2,2-4H3,(H,21,22);1H3/q;;;;-1/t2*20?,22?,24-,25?,26?;15?,17?,19-,20?,21?;14?,16?,18-,19?,20?;/m0000./s1. The molecular weight excluding hydrogens is 1520 g/mol. The first-order valence-electron chi connectivity index (χ1n) is 42.4. The molecule has 10 fully saturated rings. The van der Waals surface area contributed by atoms with Crippen LogP contribution in [0.1, 0.15) is 327 Å². The fourth-order valence-corrected chi connectivity index (χ4v) is 27.5. The van der Waals surface area contributed by atoms with Crippen molar-refractivity contribution < 1.29 is 29.0 Å². The third-order valence-corrected chi connectivity index (χ3v) is 34.1. The monoisotopic (exact) mass is 1660 g/mol. The number of hydrogen-bond acceptors (Lipinski definition) is 5. The Balaban J connectivity index is 0.000000148. The molecule has 586 valence electrons. The molecule has 14 rings (SSSR count). The van der Waals surface area contributed by atoms with E-state index in [1.165, 1.54) is 167 Å². The molecule has 0 aliphatic heterocycles. The van der Waals surface area contributed by atoms with Crippen molar-refractivity contribution in [1.82, 2.24) is 10.6 Å². The van der Waals surface area contributed by atoms with Gasteiger partial charge in [0.15, 0.2) is 0 Å². The zero-order valence-electron chi connectivity index (χ0n) is 67.9. The van der Waals surface area contributed by atoms with Gasteiger partial charge in [-0.3, -0.25) is 19.2 Å². The zero-order chi connectivity index (χ0) is 76.6. The molecule has 0 bridgehead atoms. The van der Waals surface area contributed by atoms with Crippen LogP contribution >= 0.6 is 34.0 Å². The number of amides is 2. The average Bonchev–Trinajstić information content (AvgIpc) is 0.737. The number of rotatable bonds is 10. The first-order valence-corrected chi connectivity index (χ1v) is 50.0. The van der Waals surface area contributed by atoms with Gasteiger partial charge in [-0.25, -0.2) is 0 Å². The molecule has 12 heteroatoms. The van der Waals surface area contributed by atoms with E-state index >= 15 is 0 Å². The first-order chi connectivity index (χ1) is 49.5. The average molecular weight is 1660 g/mol. The zero-order valence-corrected chi connectivity index (χ0v) is 72.2. The quantitative estimate of drug-likeness (QED) is 0.0867. The van der Waals surface area contributed by atoms with E-state index in [0.29, 0.717) is 71.0 Å². The Kier molecular flexibility index (Phi) is 26.8. The number of carboxylic acid groups (broad SMARTS) is 1. The Morgan fingerprint density at radius 1 is 0.419 bits per heavy atom. The maximum absolute atomic E-state index is 13.6. The molecule has 3 N–H and O–H groups in total. The van der Waals surface area contributed by atoms with Crippen molar-refractivity contribution in [2.75, 3.05) is 7.11 Å². The van der Waals surface area contributed by atoms with Crippen molar-refractivity contribution >= 4 is 69.2 Å². The summed E-state index contributed by atoms with van der Waals surface area (Å²) < 4.78 is 5.21. The summed E-state index contributed by atoms with van der Waals surface area (Å²) in [6, 6.07) is 0.834.